The maximum Gasteiger partial charge on any atom is 0.313 e. The van der Waals surface area contributed by atoms with Crippen LogP contribution in [0.3, 0.4) is 0 Å². The summed E-state index contributed by atoms with van der Waals surface area (Å²) in [4.78, 5) is 10.6. The second kappa shape index (κ2) is 6.36. The second-order valence-electron chi connectivity index (χ2n) is 4.42. The van der Waals surface area contributed by atoms with Gasteiger partial charge in [0.2, 0.25) is 0 Å². The molecule has 19 heavy (non-hydrogen) atoms. The van der Waals surface area contributed by atoms with Crippen LogP contribution in [0.25, 0.3) is 0 Å². The summed E-state index contributed by atoms with van der Waals surface area (Å²) < 4.78 is 12.9. The van der Waals surface area contributed by atoms with E-state index in [2.05, 4.69) is 10.2 Å². The molecule has 1 saturated heterocycles. The first-order valence-corrected chi connectivity index (χ1v) is 7.07. The third-order valence-corrected chi connectivity index (χ3v) is 3.56. The van der Waals surface area contributed by atoms with Crippen molar-refractivity contribution in [2.75, 3.05) is 25.6 Å². The van der Waals surface area contributed by atoms with Gasteiger partial charge >= 0.3 is 5.97 Å². The summed E-state index contributed by atoms with van der Waals surface area (Å²) in [7, 11) is 0. The summed E-state index contributed by atoms with van der Waals surface area (Å²) in [5, 5.41) is 17.5. The van der Waals surface area contributed by atoms with E-state index in [0.29, 0.717) is 30.8 Å². The van der Waals surface area contributed by atoms with Crippen LogP contribution >= 0.6 is 11.8 Å². The number of hydrogen-bond acceptors (Lipinski definition) is 6. The van der Waals surface area contributed by atoms with Gasteiger partial charge < -0.3 is 19.1 Å². The van der Waals surface area contributed by atoms with E-state index in [-0.39, 0.29) is 17.9 Å². The molecule has 2 heterocycles. The summed E-state index contributed by atoms with van der Waals surface area (Å²) >= 11 is 1.16. The van der Waals surface area contributed by atoms with E-state index in [1.54, 1.807) is 0 Å². The van der Waals surface area contributed by atoms with Gasteiger partial charge in [0.15, 0.2) is 11.0 Å². The molecule has 0 aromatic carbocycles. The summed E-state index contributed by atoms with van der Waals surface area (Å²) in [5.41, 5.74) is 0. The Balaban J connectivity index is 2.20. The minimum Gasteiger partial charge on any atom is -0.481 e. The number of rotatable bonds is 5. The Morgan fingerprint density at radius 3 is 2.89 bits per heavy atom. The number of carboxylic acid groups (broad SMARTS) is 1. The lowest BCUT2D eigenvalue weighted by Crippen LogP contribution is -2.25. The number of aromatic nitrogens is 3. The first-order valence-electron chi connectivity index (χ1n) is 6.08. The molecule has 106 valence electrons. The van der Waals surface area contributed by atoms with Gasteiger partial charge in [-0.25, -0.2) is 0 Å². The van der Waals surface area contributed by atoms with Crippen LogP contribution in [0.4, 0.5) is 0 Å². The van der Waals surface area contributed by atoms with E-state index >= 15 is 0 Å². The zero-order valence-corrected chi connectivity index (χ0v) is 11.7. The number of ether oxygens (including phenoxy) is 2. The topological polar surface area (TPSA) is 86.5 Å². The van der Waals surface area contributed by atoms with Crippen LogP contribution in [0.1, 0.15) is 31.8 Å². The first kappa shape index (κ1) is 14.3. The van der Waals surface area contributed by atoms with Gasteiger partial charge in [-0.2, -0.15) is 0 Å². The minimum atomic E-state index is -0.873. The van der Waals surface area contributed by atoms with E-state index in [4.69, 9.17) is 14.6 Å². The highest BCUT2D eigenvalue weighted by Gasteiger charge is 2.26. The van der Waals surface area contributed by atoms with Gasteiger partial charge in [-0.05, 0) is 13.8 Å². The molecular weight excluding hydrogens is 270 g/mol. The normalized spacial score (nSPS) is 19.8. The van der Waals surface area contributed by atoms with Crippen molar-refractivity contribution in [3.05, 3.63) is 5.82 Å². The number of thioether (sulfide) groups is 1. The quantitative estimate of drug-likeness (QED) is 0.812. The molecular formula is C11H17N3O4S. The molecule has 0 aliphatic carbocycles. The molecule has 1 aliphatic rings. The van der Waals surface area contributed by atoms with Crippen LogP contribution in [0.15, 0.2) is 5.16 Å². The molecule has 8 heteroatoms. The third kappa shape index (κ3) is 3.46. The van der Waals surface area contributed by atoms with Crippen molar-refractivity contribution in [2.24, 2.45) is 0 Å². The highest BCUT2D eigenvalue weighted by Crippen LogP contribution is 2.27. The van der Waals surface area contributed by atoms with Gasteiger partial charge in [-0.1, -0.05) is 11.8 Å². The Labute approximate surface area is 115 Å². The molecule has 7 nitrogen and oxygen atoms in total. The van der Waals surface area contributed by atoms with Gasteiger partial charge in [0.25, 0.3) is 0 Å². The Kier molecular flexibility index (Phi) is 4.78. The van der Waals surface area contributed by atoms with Gasteiger partial charge in [0.05, 0.1) is 25.6 Å². The van der Waals surface area contributed by atoms with Crippen molar-refractivity contribution in [3.8, 4) is 0 Å². The molecule has 0 bridgehead atoms. The average molecular weight is 287 g/mol. The van der Waals surface area contributed by atoms with Crippen molar-refractivity contribution >= 4 is 17.7 Å². The van der Waals surface area contributed by atoms with Crippen LogP contribution in [0.5, 0.6) is 0 Å². The van der Waals surface area contributed by atoms with Crippen LogP contribution in [-0.2, 0) is 14.3 Å². The number of carbonyl (C=O) groups is 1. The van der Waals surface area contributed by atoms with Crippen LogP contribution in [0.2, 0.25) is 0 Å². The van der Waals surface area contributed by atoms with Crippen LogP contribution in [-0.4, -0.2) is 51.4 Å². The molecule has 0 saturated carbocycles. The molecule has 0 radical (unpaired) electrons. The third-order valence-electron chi connectivity index (χ3n) is 2.64. The lowest BCUT2D eigenvalue weighted by Gasteiger charge is -2.24. The van der Waals surface area contributed by atoms with E-state index in [1.165, 1.54) is 0 Å². The van der Waals surface area contributed by atoms with Crippen LogP contribution in [0, 0.1) is 0 Å². The van der Waals surface area contributed by atoms with Crippen LogP contribution < -0.4 is 0 Å². The summed E-state index contributed by atoms with van der Waals surface area (Å²) in [6.45, 7) is 5.58. The smallest absolute Gasteiger partial charge is 0.313 e. The maximum atomic E-state index is 10.6. The Morgan fingerprint density at radius 2 is 2.32 bits per heavy atom. The standard InChI is InChI=1S/C11H17N3O4S/c1-7(2)14-10(8-5-17-3-4-18-8)12-13-11(14)19-6-9(15)16/h7-8H,3-6H2,1-2H3,(H,15,16). The Bertz CT molecular complexity index is 443. The monoisotopic (exact) mass is 287 g/mol. The van der Waals surface area contributed by atoms with Crippen molar-refractivity contribution in [1.82, 2.24) is 14.8 Å². The largest absolute Gasteiger partial charge is 0.481 e. The molecule has 0 spiro atoms. The molecule has 1 aliphatic heterocycles. The average Bonchev–Trinajstić information content (AvgIpc) is 2.81. The van der Waals surface area contributed by atoms with E-state index < -0.39 is 5.97 Å². The number of hydrogen-bond donors (Lipinski definition) is 1. The number of carboxylic acids is 1. The molecule has 1 aromatic heterocycles. The molecule has 1 fully saturated rings. The minimum absolute atomic E-state index is 0.0348. The fourth-order valence-corrected chi connectivity index (χ4v) is 2.65. The predicted molar refractivity (Wildman–Crippen MR) is 68.3 cm³/mol. The lowest BCUT2D eigenvalue weighted by molar-refractivity contribution is -0.133. The van der Waals surface area contributed by atoms with Crippen molar-refractivity contribution in [3.63, 3.8) is 0 Å². The highest BCUT2D eigenvalue weighted by atomic mass is 32.2. The predicted octanol–water partition coefficient (Wildman–Crippen LogP) is 1.12. The van der Waals surface area contributed by atoms with Crippen molar-refractivity contribution in [2.45, 2.75) is 31.1 Å². The van der Waals surface area contributed by atoms with E-state index in [0.717, 1.165) is 11.8 Å². The SMILES string of the molecule is CC(C)n1c(SCC(=O)O)nnc1C1COCCO1. The van der Waals surface area contributed by atoms with E-state index in [9.17, 15) is 4.79 Å². The molecule has 1 aromatic rings. The van der Waals surface area contributed by atoms with E-state index in [1.807, 2.05) is 18.4 Å². The zero-order valence-electron chi connectivity index (χ0n) is 10.9. The van der Waals surface area contributed by atoms with Crippen molar-refractivity contribution < 1.29 is 19.4 Å². The summed E-state index contributed by atoms with van der Waals surface area (Å²) in [5.74, 6) is -0.211. The van der Waals surface area contributed by atoms with Crippen molar-refractivity contribution in [1.29, 1.82) is 0 Å². The maximum absolute atomic E-state index is 10.6. The van der Waals surface area contributed by atoms with Gasteiger partial charge in [0, 0.05) is 6.04 Å². The highest BCUT2D eigenvalue weighted by molar-refractivity contribution is 7.99. The zero-order chi connectivity index (χ0) is 13.8. The number of nitrogens with zero attached hydrogens (tertiary/aromatic N) is 3. The fourth-order valence-electron chi connectivity index (χ4n) is 1.85. The Hall–Kier alpha value is -1.12. The fraction of sp³-hybridized carbons (Fsp3) is 0.727. The Morgan fingerprint density at radius 1 is 1.53 bits per heavy atom. The second-order valence-corrected chi connectivity index (χ2v) is 5.36. The molecule has 1 N–H and O–H groups in total. The molecule has 0 amide bonds. The molecule has 1 unspecified atom stereocenters. The van der Waals surface area contributed by atoms with Gasteiger partial charge in [-0.3, -0.25) is 4.79 Å². The number of aliphatic carboxylic acids is 1. The summed E-state index contributed by atoms with van der Waals surface area (Å²) in [6, 6.07) is 0.131. The van der Waals surface area contributed by atoms with Gasteiger partial charge in [0.1, 0.15) is 6.10 Å². The first-order chi connectivity index (χ1) is 9.09. The molecule has 2 rings (SSSR count). The van der Waals surface area contributed by atoms with Gasteiger partial charge in [-0.15, -0.1) is 10.2 Å². The molecule has 1 atom stereocenters. The summed E-state index contributed by atoms with van der Waals surface area (Å²) in [6.07, 6.45) is -0.233. The lowest BCUT2D eigenvalue weighted by atomic mass is 10.3.